The van der Waals surface area contributed by atoms with Crippen molar-refractivity contribution in [2.75, 3.05) is 19.6 Å². The van der Waals surface area contributed by atoms with Gasteiger partial charge in [-0.2, -0.15) is 0 Å². The first kappa shape index (κ1) is 27.9. The normalized spacial score (nSPS) is 19.4. The van der Waals surface area contributed by atoms with Crippen LogP contribution in [-0.4, -0.2) is 41.9 Å². The van der Waals surface area contributed by atoms with E-state index in [-0.39, 0.29) is 17.2 Å². The lowest BCUT2D eigenvalue weighted by atomic mass is 9.66. The highest BCUT2D eigenvalue weighted by atomic mass is 16.2. The maximum Gasteiger partial charge on any atom is 0.267 e. The van der Waals surface area contributed by atoms with Crippen molar-refractivity contribution >= 4 is 28.6 Å². The first-order chi connectivity index (χ1) is 19.4. The van der Waals surface area contributed by atoms with Crippen molar-refractivity contribution < 1.29 is 9.59 Å². The molecule has 0 radical (unpaired) electrons. The third-order valence-electron chi connectivity index (χ3n) is 9.15. The van der Waals surface area contributed by atoms with Gasteiger partial charge in [0, 0.05) is 41.7 Å². The number of nitrogen functional groups attached to an aromatic ring is 1. The summed E-state index contributed by atoms with van der Waals surface area (Å²) in [4.78, 5) is 25.3. The summed E-state index contributed by atoms with van der Waals surface area (Å²) < 4.78 is 1.98. The molecule has 2 aromatic carbocycles. The largest absolute Gasteiger partial charge is 0.384 e. The van der Waals surface area contributed by atoms with E-state index in [9.17, 15) is 9.59 Å². The third-order valence-corrected chi connectivity index (χ3v) is 9.15. The Morgan fingerprint density at radius 1 is 0.950 bits per heavy atom. The van der Waals surface area contributed by atoms with Gasteiger partial charge >= 0.3 is 0 Å². The molecule has 8 heteroatoms. The zero-order chi connectivity index (χ0) is 28.1. The first-order valence-corrected chi connectivity index (χ1v) is 14.7. The van der Waals surface area contributed by atoms with E-state index < -0.39 is 5.91 Å². The third kappa shape index (κ3) is 6.07. The fraction of sp³-hybridized carbons (Fsp3) is 0.469. The van der Waals surface area contributed by atoms with E-state index in [0.717, 1.165) is 36.0 Å². The predicted octanol–water partition coefficient (Wildman–Crippen LogP) is 4.53. The first-order valence-electron chi connectivity index (χ1n) is 14.7. The maximum absolute atomic E-state index is 13.8. The van der Waals surface area contributed by atoms with E-state index in [4.69, 9.17) is 16.9 Å². The fourth-order valence-corrected chi connectivity index (χ4v) is 6.80. The number of nitrogens with one attached hydrogen (secondary N) is 3. The summed E-state index contributed by atoms with van der Waals surface area (Å²) in [5, 5.41) is 15.8. The second-order valence-electron chi connectivity index (χ2n) is 11.7. The molecule has 1 spiro atoms. The Labute approximate surface area is 236 Å². The highest BCUT2D eigenvalue weighted by Crippen LogP contribution is 2.43. The molecule has 1 unspecified atom stereocenters. The lowest BCUT2D eigenvalue weighted by molar-refractivity contribution is 0.0737. The van der Waals surface area contributed by atoms with Crippen LogP contribution < -0.4 is 22.1 Å². The van der Waals surface area contributed by atoms with Gasteiger partial charge in [0.1, 0.15) is 11.5 Å². The van der Waals surface area contributed by atoms with Crippen molar-refractivity contribution in [1.82, 2.24) is 15.2 Å². The van der Waals surface area contributed by atoms with Gasteiger partial charge in [0.05, 0.1) is 0 Å². The zero-order valence-electron chi connectivity index (χ0n) is 23.3. The molecule has 1 aliphatic heterocycles. The summed E-state index contributed by atoms with van der Waals surface area (Å²) in [5.41, 5.74) is 14.9. The van der Waals surface area contributed by atoms with Crippen LogP contribution in [0, 0.1) is 16.7 Å². The Hall–Kier alpha value is -3.65. The average Bonchev–Trinajstić information content (AvgIpc) is 3.36. The number of nitrogens with two attached hydrogens (primary N) is 2. The van der Waals surface area contributed by atoms with Crippen LogP contribution in [0.1, 0.15) is 89.8 Å². The Kier molecular flexibility index (Phi) is 8.54. The average molecular weight is 543 g/mol. The SMILES string of the molecule is N=C(N)c1ccc2cc(C(=O)NCC3CCNCC34CCCCCCCC4)n(Cc3ccc(C(N)=O)cc3)c2c1. The quantitative estimate of drug-likeness (QED) is 0.221. The number of aromatic nitrogens is 1. The molecule has 5 rings (SSSR count). The van der Waals surface area contributed by atoms with Crippen molar-refractivity contribution in [3.63, 3.8) is 0 Å². The van der Waals surface area contributed by atoms with Crippen molar-refractivity contribution in [3.8, 4) is 0 Å². The standard InChI is InChI=1S/C32H42N6O2/c33-29(34)25-12-11-24-17-28(38(27(24)18-25)20-22-7-9-23(10-8-22)30(35)39)31(40)37-19-26-13-16-36-21-32(26)14-5-3-1-2-4-6-15-32/h7-12,17-18,26,36H,1-6,13-16,19-21H2,(H3,33,34)(H2,35,39)(H,37,40). The Balaban J connectivity index is 1.41. The molecule has 212 valence electrons. The number of benzene rings is 2. The van der Waals surface area contributed by atoms with Gasteiger partial charge in [-0.3, -0.25) is 15.0 Å². The molecule has 3 aromatic rings. The molecule has 1 saturated carbocycles. The molecular formula is C32H42N6O2. The summed E-state index contributed by atoms with van der Waals surface area (Å²) in [7, 11) is 0. The van der Waals surface area contributed by atoms with Gasteiger partial charge in [-0.05, 0) is 67.0 Å². The van der Waals surface area contributed by atoms with E-state index in [0.29, 0.717) is 35.8 Å². The Morgan fingerprint density at radius 3 is 2.30 bits per heavy atom. The predicted molar refractivity (Wildman–Crippen MR) is 160 cm³/mol. The molecule has 1 aromatic heterocycles. The highest BCUT2D eigenvalue weighted by molar-refractivity contribution is 6.02. The number of piperidine rings is 1. The van der Waals surface area contributed by atoms with E-state index >= 15 is 0 Å². The van der Waals surface area contributed by atoms with Crippen LogP contribution in [0.4, 0.5) is 0 Å². The number of fused-ring (bicyclic) bond motifs is 1. The molecule has 0 bridgehead atoms. The van der Waals surface area contributed by atoms with Crippen LogP contribution in [0.15, 0.2) is 48.5 Å². The van der Waals surface area contributed by atoms with Gasteiger partial charge in [0.25, 0.3) is 5.91 Å². The molecule has 2 heterocycles. The highest BCUT2D eigenvalue weighted by Gasteiger charge is 2.40. The minimum Gasteiger partial charge on any atom is -0.384 e. The Morgan fingerprint density at radius 2 is 1.62 bits per heavy atom. The van der Waals surface area contributed by atoms with E-state index in [1.165, 1.54) is 51.4 Å². The van der Waals surface area contributed by atoms with Gasteiger partial charge in [-0.25, -0.2) is 0 Å². The van der Waals surface area contributed by atoms with Crippen LogP contribution in [0.2, 0.25) is 0 Å². The Bertz CT molecular complexity index is 1370. The van der Waals surface area contributed by atoms with Gasteiger partial charge < -0.3 is 26.7 Å². The second kappa shape index (κ2) is 12.3. The molecule has 1 atom stereocenters. The summed E-state index contributed by atoms with van der Waals surface area (Å²) in [6.07, 6.45) is 11.4. The lowest BCUT2D eigenvalue weighted by Gasteiger charge is -2.45. The van der Waals surface area contributed by atoms with E-state index in [1.54, 1.807) is 12.1 Å². The molecule has 2 fully saturated rings. The number of primary amides is 1. The van der Waals surface area contributed by atoms with E-state index in [2.05, 4.69) is 10.6 Å². The molecule has 8 nitrogen and oxygen atoms in total. The molecule has 7 N–H and O–H groups in total. The summed E-state index contributed by atoms with van der Waals surface area (Å²) in [5.74, 6) is -0.122. The number of hydrogen-bond acceptors (Lipinski definition) is 4. The summed E-state index contributed by atoms with van der Waals surface area (Å²) in [6, 6.07) is 14.6. The monoisotopic (exact) mass is 542 g/mol. The molecule has 1 aliphatic carbocycles. The van der Waals surface area contributed by atoms with Crippen molar-refractivity contribution in [3.05, 3.63) is 70.9 Å². The second-order valence-corrected chi connectivity index (χ2v) is 11.7. The minimum atomic E-state index is -0.472. The molecule has 2 aliphatic rings. The van der Waals surface area contributed by atoms with Crippen molar-refractivity contribution in [2.24, 2.45) is 22.8 Å². The number of rotatable bonds is 7. The van der Waals surface area contributed by atoms with Gasteiger partial charge in [0.15, 0.2) is 0 Å². The van der Waals surface area contributed by atoms with Crippen LogP contribution in [0.3, 0.4) is 0 Å². The number of carbonyl (C=O) groups excluding carboxylic acids is 2. The number of hydrogen-bond donors (Lipinski definition) is 5. The minimum absolute atomic E-state index is 0.0160. The van der Waals surface area contributed by atoms with Crippen LogP contribution in [0.5, 0.6) is 0 Å². The van der Waals surface area contributed by atoms with Crippen molar-refractivity contribution in [2.45, 2.75) is 64.3 Å². The van der Waals surface area contributed by atoms with E-state index in [1.807, 2.05) is 41.0 Å². The topological polar surface area (TPSA) is 139 Å². The summed E-state index contributed by atoms with van der Waals surface area (Å²) >= 11 is 0. The van der Waals surface area contributed by atoms with Crippen LogP contribution >= 0.6 is 0 Å². The number of carbonyl (C=O) groups is 2. The molecular weight excluding hydrogens is 500 g/mol. The number of nitrogens with zero attached hydrogens (tertiary/aromatic N) is 1. The fourth-order valence-electron chi connectivity index (χ4n) is 6.80. The van der Waals surface area contributed by atoms with Gasteiger partial charge in [0.2, 0.25) is 5.91 Å². The lowest BCUT2D eigenvalue weighted by Crippen LogP contribution is -2.50. The number of amides is 2. The molecule has 40 heavy (non-hydrogen) atoms. The van der Waals surface area contributed by atoms with Crippen LogP contribution in [-0.2, 0) is 6.54 Å². The maximum atomic E-state index is 13.8. The molecule has 2 amide bonds. The smallest absolute Gasteiger partial charge is 0.267 e. The molecule has 1 saturated heterocycles. The number of amidine groups is 1. The van der Waals surface area contributed by atoms with Gasteiger partial charge in [-0.15, -0.1) is 0 Å². The van der Waals surface area contributed by atoms with Gasteiger partial charge in [-0.1, -0.05) is 62.8 Å². The van der Waals surface area contributed by atoms with Crippen LogP contribution in [0.25, 0.3) is 10.9 Å². The zero-order valence-corrected chi connectivity index (χ0v) is 23.3. The van der Waals surface area contributed by atoms with Crippen molar-refractivity contribution in [1.29, 1.82) is 5.41 Å². The summed E-state index contributed by atoms with van der Waals surface area (Å²) in [6.45, 7) is 3.15.